The number of carbonyl (C=O) groups excluding carboxylic acids is 2. The fraction of sp³-hybridized carbons (Fsp3) is 0.355. The van der Waals surface area contributed by atoms with E-state index in [4.69, 9.17) is 4.74 Å². The Labute approximate surface area is 212 Å². The first-order valence-electron chi connectivity index (χ1n) is 13.0. The van der Waals surface area contributed by atoms with Gasteiger partial charge >= 0.3 is 6.03 Å². The van der Waals surface area contributed by atoms with E-state index in [-0.39, 0.29) is 23.9 Å². The molecule has 2 unspecified atom stereocenters. The molecule has 0 radical (unpaired) electrons. The third-order valence-electron chi connectivity index (χ3n) is 8.70. The maximum atomic E-state index is 14.1. The predicted octanol–water partition coefficient (Wildman–Crippen LogP) is 5.64. The standard InChI is InChI=1S/C31H32N2O3/c1-21-25-18-19-26-27(36-2)20-30(25,33(28(21)34)29(35)32-24-16-10-5-11-17-24)31(26,22-12-6-3-7-13-22)23-14-8-4-9-15-23/h3-4,6-9,12-15,18-20,24,26H,5,10-11,16-17H2,1-2H3,(H,32,35). The van der Waals surface area contributed by atoms with Gasteiger partial charge in [-0.15, -0.1) is 0 Å². The summed E-state index contributed by atoms with van der Waals surface area (Å²) in [5.74, 6) is 0.347. The van der Waals surface area contributed by atoms with E-state index in [1.54, 1.807) is 7.11 Å². The van der Waals surface area contributed by atoms with Crippen molar-refractivity contribution in [1.82, 2.24) is 10.2 Å². The van der Waals surface area contributed by atoms with E-state index in [1.807, 2.05) is 55.5 Å². The van der Waals surface area contributed by atoms with Crippen LogP contribution in [-0.2, 0) is 14.9 Å². The van der Waals surface area contributed by atoms with Gasteiger partial charge in [0.1, 0.15) is 11.3 Å². The zero-order chi connectivity index (χ0) is 24.9. The van der Waals surface area contributed by atoms with Crippen LogP contribution in [0.2, 0.25) is 0 Å². The zero-order valence-electron chi connectivity index (χ0n) is 20.9. The maximum Gasteiger partial charge on any atom is 0.325 e. The molecule has 3 amide bonds. The maximum absolute atomic E-state index is 14.1. The Balaban J connectivity index is 1.63. The Morgan fingerprint density at radius 1 is 0.972 bits per heavy atom. The number of amides is 3. The summed E-state index contributed by atoms with van der Waals surface area (Å²) in [5.41, 5.74) is 1.76. The van der Waals surface area contributed by atoms with Crippen LogP contribution in [0.3, 0.4) is 0 Å². The molecule has 36 heavy (non-hydrogen) atoms. The Kier molecular flexibility index (Phi) is 5.40. The van der Waals surface area contributed by atoms with Crippen molar-refractivity contribution in [3.05, 3.63) is 107 Å². The van der Waals surface area contributed by atoms with E-state index in [1.165, 1.54) is 11.3 Å². The smallest absolute Gasteiger partial charge is 0.325 e. The number of benzene rings is 2. The second-order valence-electron chi connectivity index (χ2n) is 10.4. The Hall–Kier alpha value is -3.60. The van der Waals surface area contributed by atoms with Crippen LogP contribution in [0.5, 0.6) is 0 Å². The molecule has 184 valence electrons. The van der Waals surface area contributed by atoms with Gasteiger partial charge in [-0.1, -0.05) is 92.1 Å². The lowest BCUT2D eigenvalue weighted by Crippen LogP contribution is -2.66. The van der Waals surface area contributed by atoms with E-state index in [0.29, 0.717) is 5.57 Å². The number of urea groups is 1. The van der Waals surface area contributed by atoms with Crippen molar-refractivity contribution in [3.8, 4) is 0 Å². The second-order valence-corrected chi connectivity index (χ2v) is 10.4. The molecule has 2 bridgehead atoms. The highest BCUT2D eigenvalue weighted by Gasteiger charge is 2.72. The number of nitrogens with one attached hydrogen (secondary N) is 1. The highest BCUT2D eigenvalue weighted by molar-refractivity contribution is 6.10. The normalized spacial score (nSPS) is 26.6. The van der Waals surface area contributed by atoms with E-state index in [0.717, 1.165) is 48.1 Å². The van der Waals surface area contributed by atoms with Crippen molar-refractivity contribution in [3.63, 3.8) is 0 Å². The minimum atomic E-state index is -1.04. The number of nitrogens with zero attached hydrogens (tertiary/aromatic N) is 1. The number of imide groups is 1. The highest BCUT2D eigenvalue weighted by atomic mass is 16.5. The summed E-state index contributed by atoms with van der Waals surface area (Å²) in [6.45, 7) is 1.84. The molecule has 1 aliphatic heterocycles. The predicted molar refractivity (Wildman–Crippen MR) is 139 cm³/mol. The number of ether oxygens (including phenoxy) is 1. The molecule has 1 heterocycles. The highest BCUT2D eigenvalue weighted by Crippen LogP contribution is 2.65. The molecule has 0 saturated heterocycles. The summed E-state index contributed by atoms with van der Waals surface area (Å²) >= 11 is 0. The lowest BCUT2D eigenvalue weighted by Gasteiger charge is -2.53. The SMILES string of the molecule is COC1=CC23C(=C(C)C(=O)N2C(=O)NC2CCCCC2)C=CC1C3(c1ccccc1)c1ccccc1. The minimum Gasteiger partial charge on any atom is -0.501 e. The molecule has 3 aliphatic carbocycles. The summed E-state index contributed by atoms with van der Waals surface area (Å²) in [4.78, 5) is 29.6. The molecule has 1 spiro atoms. The van der Waals surface area contributed by atoms with E-state index in [2.05, 4.69) is 35.7 Å². The first kappa shape index (κ1) is 22.8. The van der Waals surface area contributed by atoms with Gasteiger partial charge in [0, 0.05) is 11.6 Å². The van der Waals surface area contributed by atoms with Crippen LogP contribution >= 0.6 is 0 Å². The molecule has 2 aromatic carbocycles. The van der Waals surface area contributed by atoms with Crippen LogP contribution in [0.4, 0.5) is 4.79 Å². The van der Waals surface area contributed by atoms with Crippen molar-refractivity contribution in [1.29, 1.82) is 0 Å². The van der Waals surface area contributed by atoms with Gasteiger partial charge in [0.2, 0.25) is 0 Å². The van der Waals surface area contributed by atoms with Crippen molar-refractivity contribution in [2.24, 2.45) is 5.92 Å². The van der Waals surface area contributed by atoms with Crippen LogP contribution in [0.25, 0.3) is 0 Å². The molecule has 5 nitrogen and oxygen atoms in total. The van der Waals surface area contributed by atoms with Gasteiger partial charge in [0.15, 0.2) is 0 Å². The van der Waals surface area contributed by atoms with Gasteiger partial charge in [-0.2, -0.15) is 0 Å². The summed E-state index contributed by atoms with van der Waals surface area (Å²) < 4.78 is 5.99. The van der Waals surface area contributed by atoms with Gasteiger partial charge in [-0.05, 0) is 42.5 Å². The molecule has 1 fully saturated rings. The molecular weight excluding hydrogens is 448 g/mol. The fourth-order valence-electron chi connectivity index (χ4n) is 7.22. The number of methoxy groups -OCH3 is 1. The van der Waals surface area contributed by atoms with Crippen LogP contribution < -0.4 is 5.32 Å². The molecule has 5 heteroatoms. The third-order valence-corrected chi connectivity index (χ3v) is 8.70. The lowest BCUT2D eigenvalue weighted by molar-refractivity contribution is -0.126. The fourth-order valence-corrected chi connectivity index (χ4v) is 7.22. The summed E-state index contributed by atoms with van der Waals surface area (Å²) in [6, 6.07) is 20.3. The van der Waals surface area contributed by atoms with E-state index < -0.39 is 11.0 Å². The Bertz CT molecular complexity index is 1250. The Morgan fingerprint density at radius 3 is 2.17 bits per heavy atom. The van der Waals surface area contributed by atoms with Gasteiger partial charge in [0.05, 0.1) is 18.4 Å². The summed E-state index contributed by atoms with van der Waals surface area (Å²) in [6.07, 6.45) is 11.5. The average Bonchev–Trinajstić information content (AvgIpc) is 3.24. The number of carbonyl (C=O) groups is 2. The zero-order valence-corrected chi connectivity index (χ0v) is 20.9. The van der Waals surface area contributed by atoms with Crippen LogP contribution in [0, 0.1) is 5.92 Å². The van der Waals surface area contributed by atoms with E-state index >= 15 is 0 Å². The molecule has 1 N–H and O–H groups in total. The summed E-state index contributed by atoms with van der Waals surface area (Å²) in [5, 5.41) is 3.24. The van der Waals surface area contributed by atoms with Gasteiger partial charge in [-0.3, -0.25) is 4.79 Å². The first-order valence-corrected chi connectivity index (χ1v) is 13.0. The topological polar surface area (TPSA) is 58.6 Å². The van der Waals surface area contributed by atoms with Crippen LogP contribution in [0.15, 0.2) is 95.8 Å². The summed E-state index contributed by atoms with van der Waals surface area (Å²) in [7, 11) is 1.68. The molecule has 4 aliphatic rings. The van der Waals surface area contributed by atoms with E-state index in [9.17, 15) is 9.59 Å². The quantitative estimate of drug-likeness (QED) is 0.616. The molecule has 2 aromatic rings. The molecular formula is C31H32N2O3. The number of hydrogen-bond acceptors (Lipinski definition) is 3. The van der Waals surface area contributed by atoms with Gasteiger partial charge in [-0.25, -0.2) is 9.69 Å². The number of allylic oxidation sites excluding steroid dienone is 1. The van der Waals surface area contributed by atoms with Crippen LogP contribution in [-0.4, -0.2) is 35.5 Å². The minimum absolute atomic E-state index is 0.0878. The molecule has 6 rings (SSSR count). The molecule has 2 atom stereocenters. The van der Waals surface area contributed by atoms with Crippen molar-refractivity contribution in [2.75, 3.05) is 7.11 Å². The number of rotatable bonds is 4. The van der Waals surface area contributed by atoms with Crippen molar-refractivity contribution < 1.29 is 14.3 Å². The average molecular weight is 481 g/mol. The van der Waals surface area contributed by atoms with Crippen molar-refractivity contribution in [2.45, 2.75) is 56.0 Å². The molecule has 0 aromatic heterocycles. The largest absolute Gasteiger partial charge is 0.501 e. The van der Waals surface area contributed by atoms with Gasteiger partial charge in [0.25, 0.3) is 5.91 Å². The van der Waals surface area contributed by atoms with Crippen LogP contribution in [0.1, 0.15) is 50.2 Å². The molecule has 1 saturated carbocycles. The monoisotopic (exact) mass is 480 g/mol. The number of fused-ring (bicyclic) bond motifs is 1. The number of hydrogen-bond donors (Lipinski definition) is 1. The second kappa shape index (κ2) is 8.51. The van der Waals surface area contributed by atoms with Gasteiger partial charge < -0.3 is 10.1 Å². The third kappa shape index (κ3) is 2.89. The lowest BCUT2D eigenvalue weighted by atomic mass is 9.54. The first-order chi connectivity index (χ1) is 17.6. The Morgan fingerprint density at radius 2 is 1.58 bits per heavy atom. The van der Waals surface area contributed by atoms with Crippen molar-refractivity contribution >= 4 is 11.9 Å².